The molecule has 3 nitrogen and oxygen atoms in total. The van der Waals surface area contributed by atoms with Crippen LogP contribution in [0.15, 0.2) is 49.2 Å². The number of rotatable bonds is 4. The van der Waals surface area contributed by atoms with Gasteiger partial charge in [0.25, 0.3) is 0 Å². The Hall–Kier alpha value is -2.03. The molecule has 78 valence electrons. The molecule has 0 saturated heterocycles. The lowest BCUT2D eigenvalue weighted by Crippen LogP contribution is -2.18. The summed E-state index contributed by atoms with van der Waals surface area (Å²) in [6.45, 7) is 3.65. The zero-order chi connectivity index (χ0) is 10.9. The van der Waals surface area contributed by atoms with Crippen molar-refractivity contribution >= 4 is 12.2 Å². The molecule has 0 aliphatic heterocycles. The molecule has 0 heterocycles. The maximum absolute atomic E-state index is 11.0. The van der Waals surface area contributed by atoms with Gasteiger partial charge in [-0.15, -0.1) is 0 Å². The van der Waals surface area contributed by atoms with Gasteiger partial charge in [0, 0.05) is 6.20 Å². The predicted octanol–water partition coefficient (Wildman–Crippen LogP) is 2.57. The number of benzene rings is 1. The standard InChI is InChI=1S/C12H13NO2/c1-2-10-15-12(14)13-9-8-11-6-4-3-5-7-11/h2-9H,1,10H2,(H,13,14)/b9-8+. The van der Waals surface area contributed by atoms with Crippen molar-refractivity contribution in [2.24, 2.45) is 0 Å². The first-order valence-electron chi connectivity index (χ1n) is 4.58. The highest BCUT2D eigenvalue weighted by atomic mass is 16.5. The zero-order valence-corrected chi connectivity index (χ0v) is 8.35. The molecule has 0 aliphatic carbocycles. The van der Waals surface area contributed by atoms with Crippen LogP contribution in [0.25, 0.3) is 6.08 Å². The van der Waals surface area contributed by atoms with Crippen molar-refractivity contribution < 1.29 is 9.53 Å². The van der Waals surface area contributed by atoms with Crippen LogP contribution < -0.4 is 5.32 Å². The van der Waals surface area contributed by atoms with E-state index in [1.165, 1.54) is 6.08 Å². The molecule has 0 aliphatic rings. The lowest BCUT2D eigenvalue weighted by Gasteiger charge is -1.99. The van der Waals surface area contributed by atoms with E-state index in [0.29, 0.717) is 0 Å². The molecule has 1 amide bonds. The van der Waals surface area contributed by atoms with Crippen LogP contribution in [0.4, 0.5) is 4.79 Å². The van der Waals surface area contributed by atoms with Gasteiger partial charge in [0.1, 0.15) is 6.61 Å². The Morgan fingerprint density at radius 1 is 1.40 bits per heavy atom. The Balaban J connectivity index is 2.33. The van der Waals surface area contributed by atoms with Gasteiger partial charge in [-0.3, -0.25) is 5.32 Å². The quantitative estimate of drug-likeness (QED) is 0.764. The van der Waals surface area contributed by atoms with Crippen LogP contribution in [-0.2, 0) is 4.74 Å². The first-order chi connectivity index (χ1) is 7.33. The van der Waals surface area contributed by atoms with Crippen LogP contribution in [0, 0.1) is 0 Å². The van der Waals surface area contributed by atoms with E-state index in [9.17, 15) is 4.79 Å². The van der Waals surface area contributed by atoms with Crippen molar-refractivity contribution in [3.63, 3.8) is 0 Å². The minimum Gasteiger partial charge on any atom is -0.445 e. The summed E-state index contributed by atoms with van der Waals surface area (Å²) in [5.41, 5.74) is 1.02. The monoisotopic (exact) mass is 203 g/mol. The van der Waals surface area contributed by atoms with Crippen molar-refractivity contribution in [3.8, 4) is 0 Å². The van der Waals surface area contributed by atoms with E-state index in [0.717, 1.165) is 5.56 Å². The van der Waals surface area contributed by atoms with Crippen LogP contribution >= 0.6 is 0 Å². The van der Waals surface area contributed by atoms with Crippen molar-refractivity contribution in [1.29, 1.82) is 0 Å². The molecule has 1 rings (SSSR count). The Kier molecular flexibility index (Phi) is 4.73. The number of alkyl carbamates (subject to hydrolysis) is 1. The van der Waals surface area contributed by atoms with E-state index in [1.54, 1.807) is 12.3 Å². The molecule has 0 radical (unpaired) electrons. The third kappa shape index (κ3) is 4.67. The third-order valence-corrected chi connectivity index (χ3v) is 1.61. The number of carbonyl (C=O) groups excluding carboxylic acids is 1. The number of hydrogen-bond donors (Lipinski definition) is 1. The van der Waals surface area contributed by atoms with Crippen LogP contribution in [-0.4, -0.2) is 12.7 Å². The summed E-state index contributed by atoms with van der Waals surface area (Å²) in [5, 5.41) is 2.48. The Bertz CT molecular complexity index is 344. The molecule has 3 heteroatoms. The number of hydrogen-bond acceptors (Lipinski definition) is 2. The van der Waals surface area contributed by atoms with Crippen LogP contribution in [0.5, 0.6) is 0 Å². The average Bonchev–Trinajstić information content (AvgIpc) is 2.28. The molecule has 0 unspecified atom stereocenters. The highest BCUT2D eigenvalue weighted by Crippen LogP contribution is 1.99. The second-order valence-electron chi connectivity index (χ2n) is 2.78. The van der Waals surface area contributed by atoms with Gasteiger partial charge < -0.3 is 4.74 Å². The SMILES string of the molecule is C=CCOC(=O)N/C=C/c1ccccc1. The molecular formula is C12H13NO2. The Morgan fingerprint density at radius 2 is 2.13 bits per heavy atom. The number of amides is 1. The third-order valence-electron chi connectivity index (χ3n) is 1.61. The molecule has 0 bridgehead atoms. The van der Waals surface area contributed by atoms with Gasteiger partial charge in [0.05, 0.1) is 0 Å². The minimum atomic E-state index is -0.484. The molecule has 0 aromatic heterocycles. The first-order valence-corrected chi connectivity index (χ1v) is 4.58. The molecule has 15 heavy (non-hydrogen) atoms. The summed E-state index contributed by atoms with van der Waals surface area (Å²) >= 11 is 0. The molecule has 0 saturated carbocycles. The van der Waals surface area contributed by atoms with Crippen molar-refractivity contribution in [2.45, 2.75) is 0 Å². The van der Waals surface area contributed by atoms with Gasteiger partial charge in [-0.25, -0.2) is 4.79 Å². The van der Waals surface area contributed by atoms with E-state index in [4.69, 9.17) is 4.74 Å². The van der Waals surface area contributed by atoms with Crippen molar-refractivity contribution in [3.05, 3.63) is 54.8 Å². The van der Waals surface area contributed by atoms with Gasteiger partial charge in [0.2, 0.25) is 0 Å². The molecule has 0 fully saturated rings. The highest BCUT2D eigenvalue weighted by molar-refractivity contribution is 5.69. The summed E-state index contributed by atoms with van der Waals surface area (Å²) in [6, 6.07) is 9.66. The fourth-order valence-electron chi connectivity index (χ4n) is 0.946. The van der Waals surface area contributed by atoms with E-state index < -0.39 is 6.09 Å². The van der Waals surface area contributed by atoms with Gasteiger partial charge in [0.15, 0.2) is 0 Å². The molecule has 1 aromatic carbocycles. The molecule has 0 atom stereocenters. The largest absolute Gasteiger partial charge is 0.445 e. The van der Waals surface area contributed by atoms with Gasteiger partial charge in [-0.2, -0.15) is 0 Å². The predicted molar refractivity (Wildman–Crippen MR) is 60.2 cm³/mol. The van der Waals surface area contributed by atoms with E-state index in [2.05, 4.69) is 11.9 Å². The van der Waals surface area contributed by atoms with E-state index in [1.807, 2.05) is 30.3 Å². The molecule has 1 N–H and O–H groups in total. The Morgan fingerprint density at radius 3 is 2.80 bits per heavy atom. The number of nitrogens with one attached hydrogen (secondary N) is 1. The summed E-state index contributed by atoms with van der Waals surface area (Å²) in [4.78, 5) is 11.0. The maximum Gasteiger partial charge on any atom is 0.411 e. The lowest BCUT2D eigenvalue weighted by molar-refractivity contribution is 0.162. The van der Waals surface area contributed by atoms with Gasteiger partial charge in [-0.1, -0.05) is 43.0 Å². The fourth-order valence-corrected chi connectivity index (χ4v) is 0.946. The topological polar surface area (TPSA) is 38.3 Å². The summed E-state index contributed by atoms with van der Waals surface area (Å²) in [6.07, 6.45) is 4.36. The second kappa shape index (κ2) is 6.43. The summed E-state index contributed by atoms with van der Waals surface area (Å²) in [7, 11) is 0. The summed E-state index contributed by atoms with van der Waals surface area (Å²) < 4.78 is 4.71. The van der Waals surface area contributed by atoms with Crippen LogP contribution in [0.2, 0.25) is 0 Å². The van der Waals surface area contributed by atoms with E-state index >= 15 is 0 Å². The van der Waals surface area contributed by atoms with E-state index in [-0.39, 0.29) is 6.61 Å². The van der Waals surface area contributed by atoms with Crippen molar-refractivity contribution in [1.82, 2.24) is 5.32 Å². The highest BCUT2D eigenvalue weighted by Gasteiger charge is 1.94. The number of ether oxygens (including phenoxy) is 1. The smallest absolute Gasteiger partial charge is 0.411 e. The Labute approximate surface area is 89.1 Å². The normalized spacial score (nSPS) is 9.87. The fraction of sp³-hybridized carbons (Fsp3) is 0.0833. The lowest BCUT2D eigenvalue weighted by atomic mass is 10.2. The summed E-state index contributed by atoms with van der Waals surface area (Å²) in [5.74, 6) is 0. The van der Waals surface area contributed by atoms with Crippen molar-refractivity contribution in [2.75, 3.05) is 6.61 Å². The maximum atomic E-state index is 11.0. The number of carbonyl (C=O) groups is 1. The first kappa shape index (κ1) is 11.0. The average molecular weight is 203 g/mol. The van der Waals surface area contributed by atoms with Gasteiger partial charge in [-0.05, 0) is 11.6 Å². The van der Waals surface area contributed by atoms with Crippen LogP contribution in [0.1, 0.15) is 5.56 Å². The van der Waals surface area contributed by atoms with Crippen LogP contribution in [0.3, 0.4) is 0 Å². The molecule has 1 aromatic rings. The van der Waals surface area contributed by atoms with Gasteiger partial charge >= 0.3 is 6.09 Å². The molecular weight excluding hydrogens is 190 g/mol. The molecule has 0 spiro atoms. The zero-order valence-electron chi connectivity index (χ0n) is 8.35. The minimum absolute atomic E-state index is 0.213. The second-order valence-corrected chi connectivity index (χ2v) is 2.78.